The average Bonchev–Trinajstić information content (AvgIpc) is 3.23. The number of ether oxygens (including phenoxy) is 1. The molecule has 4 rings (SSSR count). The number of benzene rings is 1. The lowest BCUT2D eigenvalue weighted by atomic mass is 10.3. The quantitative estimate of drug-likeness (QED) is 0.584. The van der Waals surface area contributed by atoms with Crippen LogP contribution in [0.2, 0.25) is 0 Å². The fourth-order valence-electron chi connectivity index (χ4n) is 3.13. The summed E-state index contributed by atoms with van der Waals surface area (Å²) in [4.78, 5) is 24.7. The molecule has 4 aromatic rings. The van der Waals surface area contributed by atoms with Gasteiger partial charge in [0.25, 0.3) is 6.01 Å². The summed E-state index contributed by atoms with van der Waals surface area (Å²) >= 11 is 0. The maximum atomic E-state index is 13.0. The van der Waals surface area contributed by atoms with E-state index < -0.39 is 0 Å². The molecule has 1 N–H and O–H groups in total. The summed E-state index contributed by atoms with van der Waals surface area (Å²) in [5.41, 5.74) is 3.11. The Morgan fingerprint density at radius 3 is 2.59 bits per heavy atom. The van der Waals surface area contributed by atoms with Crippen LogP contribution in [-0.4, -0.2) is 24.1 Å². The van der Waals surface area contributed by atoms with E-state index in [-0.39, 0.29) is 11.7 Å². The van der Waals surface area contributed by atoms with E-state index in [9.17, 15) is 4.79 Å². The van der Waals surface area contributed by atoms with Crippen molar-refractivity contribution in [2.45, 2.75) is 33.2 Å². The van der Waals surface area contributed by atoms with Gasteiger partial charge in [-0.05, 0) is 56.7 Å². The molecule has 3 heterocycles. The number of hydrogen-bond donors (Lipinski definition) is 1. The fourth-order valence-corrected chi connectivity index (χ4v) is 3.13. The second-order valence-electron chi connectivity index (χ2n) is 6.59. The number of rotatable bonds is 5. The van der Waals surface area contributed by atoms with Gasteiger partial charge in [-0.1, -0.05) is 6.92 Å². The molecule has 27 heavy (non-hydrogen) atoms. The van der Waals surface area contributed by atoms with E-state index in [1.165, 1.54) is 0 Å². The minimum atomic E-state index is -0.106. The number of nitrogens with zero attached hydrogens (tertiary/aromatic N) is 4. The van der Waals surface area contributed by atoms with Crippen LogP contribution in [0.5, 0.6) is 11.8 Å². The Morgan fingerprint density at radius 2 is 1.93 bits per heavy atom. The molecule has 0 bridgehead atoms. The number of H-pyrrole nitrogens is 1. The molecule has 138 valence electrons. The third-order valence-corrected chi connectivity index (χ3v) is 4.45. The van der Waals surface area contributed by atoms with Crippen molar-refractivity contribution in [1.82, 2.24) is 24.1 Å². The molecule has 0 saturated heterocycles. The third kappa shape index (κ3) is 3.01. The Labute approximate surface area is 156 Å². The second kappa shape index (κ2) is 6.75. The van der Waals surface area contributed by atoms with E-state index >= 15 is 0 Å². The van der Waals surface area contributed by atoms with Crippen LogP contribution >= 0.6 is 0 Å². The maximum absolute atomic E-state index is 13.0. The van der Waals surface area contributed by atoms with Gasteiger partial charge in [0.15, 0.2) is 5.65 Å². The molecule has 3 aromatic heterocycles. The van der Waals surface area contributed by atoms with Crippen LogP contribution < -0.4 is 10.4 Å². The zero-order valence-corrected chi connectivity index (χ0v) is 15.5. The highest BCUT2D eigenvalue weighted by Crippen LogP contribution is 2.23. The zero-order valence-electron chi connectivity index (χ0n) is 15.5. The molecule has 0 saturated carbocycles. The van der Waals surface area contributed by atoms with E-state index in [1.54, 1.807) is 21.5 Å². The summed E-state index contributed by atoms with van der Waals surface area (Å²) in [5.74, 6) is 0.643. The SMILES string of the molecule is CCc1cnc(Oc2ccc(-n3c(=O)n(C(C)C)c4cccnc43)cc2)[nH]1. The fraction of sp³-hybridized carbons (Fsp3) is 0.250. The maximum Gasteiger partial charge on any atom is 0.335 e. The molecule has 0 spiro atoms. The molecule has 7 nitrogen and oxygen atoms in total. The van der Waals surface area contributed by atoms with Gasteiger partial charge < -0.3 is 9.72 Å². The van der Waals surface area contributed by atoms with Crippen molar-refractivity contribution in [1.29, 1.82) is 0 Å². The van der Waals surface area contributed by atoms with Crippen molar-refractivity contribution in [3.05, 3.63) is 65.0 Å². The molecule has 7 heteroatoms. The number of hydrogen-bond acceptors (Lipinski definition) is 4. The normalized spacial score (nSPS) is 11.4. The molecule has 0 atom stereocenters. The lowest BCUT2D eigenvalue weighted by Crippen LogP contribution is -2.24. The Bertz CT molecular complexity index is 1140. The number of aryl methyl sites for hydroxylation is 1. The molecule has 0 amide bonds. The van der Waals surface area contributed by atoms with Crippen LogP contribution in [0, 0.1) is 0 Å². The minimum absolute atomic E-state index is 0.0415. The van der Waals surface area contributed by atoms with Gasteiger partial charge in [-0.3, -0.25) is 4.57 Å². The first kappa shape index (κ1) is 17.1. The molecular weight excluding hydrogens is 342 g/mol. The first-order valence-corrected chi connectivity index (χ1v) is 8.98. The summed E-state index contributed by atoms with van der Waals surface area (Å²) in [6, 6.07) is 11.6. The van der Waals surface area contributed by atoms with Crippen molar-refractivity contribution in [2.24, 2.45) is 0 Å². The van der Waals surface area contributed by atoms with Gasteiger partial charge in [0, 0.05) is 17.9 Å². The zero-order chi connectivity index (χ0) is 19.0. The summed E-state index contributed by atoms with van der Waals surface area (Å²) in [5, 5.41) is 0. The number of pyridine rings is 1. The Kier molecular flexibility index (Phi) is 4.27. The average molecular weight is 363 g/mol. The van der Waals surface area contributed by atoms with Crippen LogP contribution in [0.15, 0.2) is 53.6 Å². The van der Waals surface area contributed by atoms with Gasteiger partial charge in [-0.25, -0.2) is 19.3 Å². The Morgan fingerprint density at radius 1 is 1.15 bits per heavy atom. The number of nitrogens with one attached hydrogen (secondary N) is 1. The van der Waals surface area contributed by atoms with Gasteiger partial charge in [0.05, 0.1) is 17.4 Å². The minimum Gasteiger partial charge on any atom is -0.426 e. The predicted octanol–water partition coefficient (Wildman–Crippen LogP) is 3.85. The number of imidazole rings is 2. The van der Waals surface area contributed by atoms with Crippen molar-refractivity contribution in [3.63, 3.8) is 0 Å². The van der Waals surface area contributed by atoms with Gasteiger partial charge in [-0.2, -0.15) is 0 Å². The summed E-state index contributed by atoms with van der Waals surface area (Å²) in [6.45, 7) is 6.03. The molecule has 0 unspecified atom stereocenters. The van der Waals surface area contributed by atoms with Gasteiger partial charge in [-0.15, -0.1) is 0 Å². The second-order valence-corrected chi connectivity index (χ2v) is 6.59. The lowest BCUT2D eigenvalue weighted by molar-refractivity contribution is 0.446. The highest BCUT2D eigenvalue weighted by Gasteiger charge is 2.17. The van der Waals surface area contributed by atoms with Crippen LogP contribution in [0.4, 0.5) is 0 Å². The monoisotopic (exact) mass is 363 g/mol. The first-order chi connectivity index (χ1) is 13.1. The summed E-state index contributed by atoms with van der Waals surface area (Å²) in [7, 11) is 0. The van der Waals surface area contributed by atoms with Gasteiger partial charge in [0.2, 0.25) is 0 Å². The number of fused-ring (bicyclic) bond motifs is 1. The highest BCUT2D eigenvalue weighted by atomic mass is 16.5. The van der Waals surface area contributed by atoms with Crippen molar-refractivity contribution >= 4 is 11.2 Å². The molecule has 0 fully saturated rings. The first-order valence-electron chi connectivity index (χ1n) is 8.98. The van der Waals surface area contributed by atoms with E-state index in [1.807, 2.05) is 57.2 Å². The van der Waals surface area contributed by atoms with Gasteiger partial charge in [0.1, 0.15) is 5.75 Å². The molecule has 0 aliphatic heterocycles. The van der Waals surface area contributed by atoms with E-state index in [2.05, 4.69) is 15.0 Å². The predicted molar refractivity (Wildman–Crippen MR) is 104 cm³/mol. The van der Waals surface area contributed by atoms with E-state index in [0.29, 0.717) is 17.4 Å². The summed E-state index contributed by atoms with van der Waals surface area (Å²) < 4.78 is 9.12. The van der Waals surface area contributed by atoms with Crippen LogP contribution in [0.1, 0.15) is 32.5 Å². The molecular formula is C20H21N5O2. The Hall–Kier alpha value is -3.35. The lowest BCUT2D eigenvalue weighted by Gasteiger charge is -2.06. The molecule has 0 aliphatic rings. The van der Waals surface area contributed by atoms with Crippen LogP contribution in [0.25, 0.3) is 16.9 Å². The van der Waals surface area contributed by atoms with Crippen molar-refractivity contribution in [2.75, 3.05) is 0 Å². The Balaban J connectivity index is 1.72. The summed E-state index contributed by atoms with van der Waals surface area (Å²) in [6.07, 6.45) is 4.32. The topological polar surface area (TPSA) is 77.7 Å². The molecule has 1 aromatic carbocycles. The van der Waals surface area contributed by atoms with E-state index in [4.69, 9.17) is 4.74 Å². The van der Waals surface area contributed by atoms with Crippen LogP contribution in [0.3, 0.4) is 0 Å². The number of aromatic amines is 1. The molecule has 0 aliphatic carbocycles. The highest BCUT2D eigenvalue weighted by molar-refractivity contribution is 5.73. The third-order valence-electron chi connectivity index (χ3n) is 4.45. The molecule has 0 radical (unpaired) electrons. The standard InChI is InChI=1S/C20H21N5O2/c1-4-14-12-22-19(23-14)27-16-9-7-15(8-10-16)25-18-17(6-5-11-21-18)24(13(2)3)20(25)26/h5-13H,4H2,1-3H3,(H,22,23). The van der Waals surface area contributed by atoms with E-state index in [0.717, 1.165) is 23.3 Å². The van der Waals surface area contributed by atoms with Crippen molar-refractivity contribution < 1.29 is 4.74 Å². The van der Waals surface area contributed by atoms with Crippen LogP contribution in [-0.2, 0) is 6.42 Å². The smallest absolute Gasteiger partial charge is 0.335 e. The largest absolute Gasteiger partial charge is 0.426 e. The number of aromatic nitrogens is 5. The van der Waals surface area contributed by atoms with Crippen molar-refractivity contribution in [3.8, 4) is 17.4 Å². The van der Waals surface area contributed by atoms with Gasteiger partial charge >= 0.3 is 5.69 Å².